The molecule has 0 spiro atoms. The fourth-order valence-corrected chi connectivity index (χ4v) is 3.81. The lowest BCUT2D eigenvalue weighted by molar-refractivity contribution is -0.139. The van der Waals surface area contributed by atoms with Crippen LogP contribution in [-0.2, 0) is 4.79 Å². The molecule has 5 heteroatoms. The molecule has 0 radical (unpaired) electrons. The van der Waals surface area contributed by atoms with Gasteiger partial charge in [-0.05, 0) is 43.5 Å². The number of rotatable bonds is 3. The normalized spacial score (nSPS) is 18.1. The van der Waals surface area contributed by atoms with E-state index in [2.05, 4.69) is 0 Å². The average molecular weight is 380 g/mol. The fraction of sp³-hybridized carbons (Fsp3) is 0.304. The molecule has 2 aromatic rings. The van der Waals surface area contributed by atoms with Gasteiger partial charge in [-0.2, -0.15) is 0 Å². The summed E-state index contributed by atoms with van der Waals surface area (Å²) in [7, 11) is 0. The van der Waals surface area contributed by atoms with E-state index in [1.54, 1.807) is 37.3 Å². The highest BCUT2D eigenvalue weighted by atomic mass is 19.1. The van der Waals surface area contributed by atoms with Crippen molar-refractivity contribution in [3.63, 3.8) is 0 Å². The number of hydrogen-bond acceptors (Lipinski definition) is 4. The van der Waals surface area contributed by atoms with Gasteiger partial charge in [0.15, 0.2) is 5.76 Å². The lowest BCUT2D eigenvalue weighted by Crippen LogP contribution is -2.22. The van der Waals surface area contributed by atoms with Crippen LogP contribution in [0.3, 0.4) is 0 Å². The molecule has 0 atom stereocenters. The summed E-state index contributed by atoms with van der Waals surface area (Å²) in [6, 6.07) is 9.41. The van der Waals surface area contributed by atoms with Gasteiger partial charge in [-0.25, -0.2) is 4.39 Å². The third-order valence-corrected chi connectivity index (χ3v) is 5.29. The van der Waals surface area contributed by atoms with Crippen LogP contribution >= 0.6 is 0 Å². The molecule has 4 rings (SSSR count). The molecular formula is C23H21FO4. The summed E-state index contributed by atoms with van der Waals surface area (Å²) in [4.78, 5) is 25.1. The van der Waals surface area contributed by atoms with Crippen molar-refractivity contribution >= 4 is 17.8 Å². The third-order valence-electron chi connectivity index (χ3n) is 5.29. The Morgan fingerprint density at radius 1 is 1.18 bits per heavy atom. The molecule has 28 heavy (non-hydrogen) atoms. The Kier molecular flexibility index (Phi) is 4.99. The van der Waals surface area contributed by atoms with Crippen LogP contribution in [-0.4, -0.2) is 11.8 Å². The van der Waals surface area contributed by atoms with Crippen molar-refractivity contribution < 1.29 is 23.5 Å². The first-order valence-corrected chi connectivity index (χ1v) is 9.58. The monoisotopic (exact) mass is 380 g/mol. The number of esters is 1. The summed E-state index contributed by atoms with van der Waals surface area (Å²) < 4.78 is 25.1. The van der Waals surface area contributed by atoms with Crippen molar-refractivity contribution in [3.8, 4) is 11.5 Å². The van der Waals surface area contributed by atoms with E-state index in [4.69, 9.17) is 9.47 Å². The summed E-state index contributed by atoms with van der Waals surface area (Å²) in [6.45, 7) is 1.77. The summed E-state index contributed by atoms with van der Waals surface area (Å²) in [5.41, 5.74) is 1.35. The SMILES string of the molecule is Cc1cc(OC(=O)C2CCCCC2)cc2c1C(=O)/C(=C/c1ccccc1F)O2. The van der Waals surface area contributed by atoms with Gasteiger partial charge < -0.3 is 9.47 Å². The topological polar surface area (TPSA) is 52.6 Å². The van der Waals surface area contributed by atoms with E-state index in [1.807, 2.05) is 0 Å². The minimum Gasteiger partial charge on any atom is -0.452 e. The largest absolute Gasteiger partial charge is 0.452 e. The maximum atomic E-state index is 13.9. The Labute approximate surface area is 163 Å². The van der Waals surface area contributed by atoms with Crippen molar-refractivity contribution in [2.45, 2.75) is 39.0 Å². The van der Waals surface area contributed by atoms with E-state index < -0.39 is 5.82 Å². The van der Waals surface area contributed by atoms with Gasteiger partial charge in [-0.3, -0.25) is 9.59 Å². The number of carbonyl (C=O) groups is 2. The highest BCUT2D eigenvalue weighted by Gasteiger charge is 2.31. The summed E-state index contributed by atoms with van der Waals surface area (Å²) in [6.07, 6.45) is 6.36. The van der Waals surface area contributed by atoms with Gasteiger partial charge in [-0.1, -0.05) is 37.5 Å². The summed E-state index contributed by atoms with van der Waals surface area (Å²) >= 11 is 0. The molecule has 2 aromatic carbocycles. The number of ketones is 1. The molecule has 144 valence electrons. The summed E-state index contributed by atoms with van der Waals surface area (Å²) in [5, 5.41) is 0. The number of Topliss-reactive ketones (excluding diaryl/α,β-unsaturated/α-hetero) is 1. The minimum absolute atomic E-state index is 0.0546. The van der Waals surface area contributed by atoms with Crippen LogP contribution in [0.25, 0.3) is 6.08 Å². The molecule has 0 bridgehead atoms. The standard InChI is InChI=1S/C23H21FO4/c1-14-11-17(27-23(26)15-7-3-2-4-8-15)13-19-21(14)22(25)20(28-19)12-16-9-5-6-10-18(16)24/h5-6,9-13,15H,2-4,7-8H2,1H3/b20-12-. The second-order valence-corrected chi connectivity index (χ2v) is 7.33. The van der Waals surface area contributed by atoms with Gasteiger partial charge in [0.2, 0.25) is 5.78 Å². The van der Waals surface area contributed by atoms with E-state index in [0.29, 0.717) is 22.6 Å². The Hall–Kier alpha value is -2.95. The quantitative estimate of drug-likeness (QED) is 0.415. The van der Waals surface area contributed by atoms with E-state index in [9.17, 15) is 14.0 Å². The first-order chi connectivity index (χ1) is 13.5. The number of allylic oxidation sites excluding steroid dienone is 1. The van der Waals surface area contributed by atoms with Crippen LogP contribution in [0.15, 0.2) is 42.2 Å². The predicted molar refractivity (Wildman–Crippen MR) is 103 cm³/mol. The number of benzene rings is 2. The lowest BCUT2D eigenvalue weighted by atomic mass is 9.89. The number of aryl methyl sites for hydroxylation is 1. The molecule has 1 heterocycles. The van der Waals surface area contributed by atoms with Crippen LogP contribution in [0.2, 0.25) is 0 Å². The molecule has 0 amide bonds. The van der Waals surface area contributed by atoms with Crippen molar-refractivity contribution in [1.82, 2.24) is 0 Å². The number of fused-ring (bicyclic) bond motifs is 1. The second kappa shape index (κ2) is 7.58. The number of carbonyl (C=O) groups excluding carboxylic acids is 2. The van der Waals surface area contributed by atoms with E-state index in [1.165, 1.54) is 12.1 Å². The second-order valence-electron chi connectivity index (χ2n) is 7.33. The van der Waals surface area contributed by atoms with Gasteiger partial charge in [-0.15, -0.1) is 0 Å². The van der Waals surface area contributed by atoms with Crippen LogP contribution in [0, 0.1) is 18.7 Å². The van der Waals surface area contributed by atoms with Crippen molar-refractivity contribution in [2.24, 2.45) is 5.92 Å². The molecule has 2 aliphatic rings. The van der Waals surface area contributed by atoms with E-state index in [-0.39, 0.29) is 29.0 Å². The van der Waals surface area contributed by atoms with E-state index >= 15 is 0 Å². The zero-order valence-corrected chi connectivity index (χ0v) is 15.7. The van der Waals surface area contributed by atoms with Gasteiger partial charge in [0, 0.05) is 11.6 Å². The predicted octanol–water partition coefficient (Wildman–Crippen LogP) is 5.24. The van der Waals surface area contributed by atoms with Gasteiger partial charge in [0.25, 0.3) is 0 Å². The molecular weight excluding hydrogens is 359 g/mol. The van der Waals surface area contributed by atoms with Crippen LogP contribution in [0.1, 0.15) is 53.6 Å². The van der Waals surface area contributed by atoms with Crippen molar-refractivity contribution in [2.75, 3.05) is 0 Å². The molecule has 0 aromatic heterocycles. The number of halogens is 1. The Balaban J connectivity index is 1.58. The molecule has 0 N–H and O–H groups in total. The van der Waals surface area contributed by atoms with Crippen LogP contribution in [0.5, 0.6) is 11.5 Å². The number of hydrogen-bond donors (Lipinski definition) is 0. The van der Waals surface area contributed by atoms with Crippen LogP contribution in [0.4, 0.5) is 4.39 Å². The van der Waals surface area contributed by atoms with Gasteiger partial charge >= 0.3 is 5.97 Å². The fourth-order valence-electron chi connectivity index (χ4n) is 3.81. The molecule has 1 aliphatic heterocycles. The highest BCUT2D eigenvalue weighted by Crippen LogP contribution is 2.38. The van der Waals surface area contributed by atoms with Crippen molar-refractivity contribution in [1.29, 1.82) is 0 Å². The third kappa shape index (κ3) is 3.57. The average Bonchev–Trinajstić information content (AvgIpc) is 3.00. The Morgan fingerprint density at radius 3 is 2.68 bits per heavy atom. The zero-order chi connectivity index (χ0) is 19.7. The van der Waals surface area contributed by atoms with Gasteiger partial charge in [0.05, 0.1) is 11.5 Å². The molecule has 1 aliphatic carbocycles. The summed E-state index contributed by atoms with van der Waals surface area (Å²) in [5.74, 6) is -0.279. The maximum Gasteiger partial charge on any atom is 0.314 e. The Morgan fingerprint density at radius 2 is 1.93 bits per heavy atom. The first kappa shape index (κ1) is 18.4. The number of ether oxygens (including phenoxy) is 2. The minimum atomic E-state index is -0.429. The van der Waals surface area contributed by atoms with Gasteiger partial charge in [0.1, 0.15) is 17.3 Å². The molecule has 1 fully saturated rings. The van der Waals surface area contributed by atoms with Crippen molar-refractivity contribution in [3.05, 3.63) is 64.7 Å². The molecule has 0 saturated heterocycles. The van der Waals surface area contributed by atoms with Crippen LogP contribution < -0.4 is 9.47 Å². The molecule has 1 saturated carbocycles. The highest BCUT2D eigenvalue weighted by molar-refractivity contribution is 6.15. The lowest BCUT2D eigenvalue weighted by Gasteiger charge is -2.20. The zero-order valence-electron chi connectivity index (χ0n) is 15.7. The maximum absolute atomic E-state index is 13.9. The van der Waals surface area contributed by atoms with E-state index in [0.717, 1.165) is 32.1 Å². The smallest absolute Gasteiger partial charge is 0.314 e. The Bertz CT molecular complexity index is 971. The molecule has 4 nitrogen and oxygen atoms in total. The first-order valence-electron chi connectivity index (χ1n) is 9.58. The molecule has 0 unspecified atom stereocenters.